The van der Waals surface area contributed by atoms with Gasteiger partial charge in [0.25, 0.3) is 5.24 Å². The highest BCUT2D eigenvalue weighted by Gasteiger charge is 2.12. The second kappa shape index (κ2) is 6.42. The summed E-state index contributed by atoms with van der Waals surface area (Å²) >= 11 is 4.68. The first kappa shape index (κ1) is 16.1. The van der Waals surface area contributed by atoms with Crippen LogP contribution in [0, 0.1) is 6.92 Å². The lowest BCUT2D eigenvalue weighted by molar-refractivity contribution is 0.241. The third-order valence-corrected chi connectivity index (χ3v) is 5.04. The van der Waals surface area contributed by atoms with E-state index in [-0.39, 0.29) is 5.24 Å². The number of amides is 1. The first-order valence-electron chi connectivity index (χ1n) is 7.13. The molecule has 2 aromatic carbocycles. The van der Waals surface area contributed by atoms with Gasteiger partial charge in [-0.2, -0.15) is 0 Å². The van der Waals surface area contributed by atoms with Crippen LogP contribution >= 0.6 is 27.7 Å². The molecule has 3 rings (SSSR count). The third kappa shape index (κ3) is 3.46. The van der Waals surface area contributed by atoms with E-state index in [0.717, 1.165) is 37.2 Å². The van der Waals surface area contributed by atoms with Crippen molar-refractivity contribution in [2.45, 2.75) is 11.8 Å². The number of rotatable bonds is 2. The lowest BCUT2D eigenvalue weighted by Crippen LogP contribution is -2.15. The largest absolute Gasteiger partial charge is 0.456 e. The molecule has 0 radical (unpaired) electrons. The summed E-state index contributed by atoms with van der Waals surface area (Å²) in [5.74, 6) is 0.839. The standard InChI is InChI=1S/C18H16BrNO2S/c1-11-8-13(19)5-7-15(11)17-9-12-4-6-14(10-16(12)22-17)23-18(21)20(2)3/h4-10H,1-3H3. The minimum Gasteiger partial charge on any atom is -0.456 e. The normalized spacial score (nSPS) is 11.0. The van der Waals surface area contributed by atoms with Crippen LogP contribution < -0.4 is 0 Å². The van der Waals surface area contributed by atoms with E-state index in [1.165, 1.54) is 11.8 Å². The van der Waals surface area contributed by atoms with E-state index in [9.17, 15) is 4.79 Å². The van der Waals surface area contributed by atoms with Crippen LogP contribution in [0.2, 0.25) is 0 Å². The zero-order chi connectivity index (χ0) is 16.6. The molecule has 0 aliphatic carbocycles. The van der Waals surface area contributed by atoms with E-state index in [1.54, 1.807) is 19.0 Å². The average molecular weight is 390 g/mol. The monoisotopic (exact) mass is 389 g/mol. The van der Waals surface area contributed by atoms with Crippen LogP contribution in [-0.2, 0) is 0 Å². The van der Waals surface area contributed by atoms with E-state index in [0.29, 0.717) is 0 Å². The molecule has 0 saturated heterocycles. The molecule has 0 saturated carbocycles. The van der Waals surface area contributed by atoms with Crippen LogP contribution in [-0.4, -0.2) is 24.2 Å². The number of fused-ring (bicyclic) bond motifs is 1. The smallest absolute Gasteiger partial charge is 0.285 e. The molecule has 0 atom stereocenters. The van der Waals surface area contributed by atoms with Gasteiger partial charge in [-0.25, -0.2) is 0 Å². The molecule has 5 heteroatoms. The molecule has 0 bridgehead atoms. The first-order valence-corrected chi connectivity index (χ1v) is 8.74. The predicted octanol–water partition coefficient (Wildman–Crippen LogP) is 5.94. The van der Waals surface area contributed by atoms with Gasteiger partial charge in [0.15, 0.2) is 0 Å². The van der Waals surface area contributed by atoms with Gasteiger partial charge in [-0.05, 0) is 66.7 Å². The van der Waals surface area contributed by atoms with Gasteiger partial charge in [0.05, 0.1) is 0 Å². The van der Waals surface area contributed by atoms with Gasteiger partial charge in [0, 0.05) is 34.4 Å². The second-order valence-electron chi connectivity index (χ2n) is 5.53. The number of nitrogens with zero attached hydrogens (tertiary/aromatic N) is 1. The van der Waals surface area contributed by atoms with E-state index in [2.05, 4.69) is 28.9 Å². The van der Waals surface area contributed by atoms with Crippen LogP contribution in [0.3, 0.4) is 0 Å². The highest BCUT2D eigenvalue weighted by molar-refractivity contribution is 9.10. The lowest BCUT2D eigenvalue weighted by atomic mass is 10.1. The lowest BCUT2D eigenvalue weighted by Gasteiger charge is -2.08. The summed E-state index contributed by atoms with van der Waals surface area (Å²) in [5, 5.41) is 1.03. The van der Waals surface area contributed by atoms with E-state index in [1.807, 2.05) is 36.4 Å². The zero-order valence-corrected chi connectivity index (χ0v) is 15.5. The molecule has 1 aromatic heterocycles. The highest BCUT2D eigenvalue weighted by Crippen LogP contribution is 2.33. The quantitative estimate of drug-likeness (QED) is 0.508. The van der Waals surface area contributed by atoms with E-state index >= 15 is 0 Å². The summed E-state index contributed by atoms with van der Waals surface area (Å²) < 4.78 is 7.06. The SMILES string of the molecule is Cc1cc(Br)ccc1-c1cc2ccc(SC(=O)N(C)C)cc2o1. The van der Waals surface area contributed by atoms with Gasteiger partial charge in [-0.15, -0.1) is 0 Å². The van der Waals surface area contributed by atoms with Crippen LogP contribution in [0.15, 0.2) is 56.2 Å². The molecule has 0 aliphatic heterocycles. The van der Waals surface area contributed by atoms with Crippen molar-refractivity contribution in [2.24, 2.45) is 0 Å². The third-order valence-electron chi connectivity index (χ3n) is 3.52. The van der Waals surface area contributed by atoms with Gasteiger partial charge in [-0.1, -0.05) is 15.9 Å². The van der Waals surface area contributed by atoms with Crippen LogP contribution in [0.4, 0.5) is 4.79 Å². The molecule has 0 aliphatic rings. The summed E-state index contributed by atoms with van der Waals surface area (Å²) in [7, 11) is 3.49. The van der Waals surface area contributed by atoms with Crippen LogP contribution in [0.5, 0.6) is 0 Å². The topological polar surface area (TPSA) is 33.5 Å². The molecule has 118 valence electrons. The van der Waals surface area contributed by atoms with Crippen LogP contribution in [0.25, 0.3) is 22.3 Å². The summed E-state index contributed by atoms with van der Waals surface area (Å²) in [5.41, 5.74) is 3.01. The Morgan fingerprint density at radius 2 is 1.91 bits per heavy atom. The van der Waals surface area contributed by atoms with Crippen molar-refractivity contribution in [2.75, 3.05) is 14.1 Å². The van der Waals surface area contributed by atoms with Crippen molar-refractivity contribution < 1.29 is 9.21 Å². The van der Waals surface area contributed by atoms with Gasteiger partial charge in [-0.3, -0.25) is 4.79 Å². The van der Waals surface area contributed by atoms with Crippen molar-refractivity contribution in [1.29, 1.82) is 0 Å². The minimum atomic E-state index is -0.000108. The fourth-order valence-corrected chi connectivity index (χ4v) is 3.47. The number of furan rings is 1. The molecule has 3 nitrogen and oxygen atoms in total. The minimum absolute atomic E-state index is 0.000108. The van der Waals surface area contributed by atoms with E-state index in [4.69, 9.17) is 4.42 Å². The van der Waals surface area contributed by atoms with E-state index < -0.39 is 0 Å². The molecule has 0 spiro atoms. The first-order chi connectivity index (χ1) is 10.9. The van der Waals surface area contributed by atoms with Gasteiger partial charge < -0.3 is 9.32 Å². The summed E-state index contributed by atoms with van der Waals surface area (Å²) in [6.07, 6.45) is 0. The molecule has 1 amide bonds. The molecule has 0 N–H and O–H groups in total. The fraction of sp³-hybridized carbons (Fsp3) is 0.167. The van der Waals surface area contributed by atoms with Crippen molar-refractivity contribution in [1.82, 2.24) is 4.90 Å². The zero-order valence-electron chi connectivity index (χ0n) is 13.1. The Balaban J connectivity index is 1.97. The van der Waals surface area contributed by atoms with Gasteiger partial charge in [0.2, 0.25) is 0 Å². The van der Waals surface area contributed by atoms with Crippen molar-refractivity contribution in [3.05, 3.63) is 52.5 Å². The molecular formula is C18H16BrNO2S. The Morgan fingerprint density at radius 1 is 1.13 bits per heavy atom. The second-order valence-corrected chi connectivity index (χ2v) is 7.47. The Morgan fingerprint density at radius 3 is 2.61 bits per heavy atom. The summed E-state index contributed by atoms with van der Waals surface area (Å²) in [4.78, 5) is 14.2. The number of benzene rings is 2. The number of carbonyl (C=O) groups is 1. The number of aryl methyl sites for hydroxylation is 1. The molecular weight excluding hydrogens is 374 g/mol. The Hall–Kier alpha value is -1.72. The predicted molar refractivity (Wildman–Crippen MR) is 99.0 cm³/mol. The Kier molecular flexibility index (Phi) is 4.50. The fourth-order valence-electron chi connectivity index (χ4n) is 2.30. The Labute approximate surface area is 147 Å². The number of hydrogen-bond donors (Lipinski definition) is 0. The molecule has 1 heterocycles. The van der Waals surface area contributed by atoms with Crippen molar-refractivity contribution in [3.63, 3.8) is 0 Å². The maximum Gasteiger partial charge on any atom is 0.285 e. The highest BCUT2D eigenvalue weighted by atomic mass is 79.9. The average Bonchev–Trinajstić information content (AvgIpc) is 2.89. The summed E-state index contributed by atoms with van der Waals surface area (Å²) in [6.45, 7) is 2.06. The number of hydrogen-bond acceptors (Lipinski definition) is 3. The van der Waals surface area contributed by atoms with Crippen LogP contribution in [0.1, 0.15) is 5.56 Å². The molecule has 0 unspecified atom stereocenters. The van der Waals surface area contributed by atoms with Crippen molar-refractivity contribution >= 4 is 43.9 Å². The molecule has 0 fully saturated rings. The van der Waals surface area contributed by atoms with Crippen molar-refractivity contribution in [3.8, 4) is 11.3 Å². The Bertz CT molecular complexity index is 886. The number of halogens is 1. The maximum absolute atomic E-state index is 11.8. The summed E-state index contributed by atoms with van der Waals surface area (Å²) in [6, 6.07) is 14.0. The molecule has 3 aromatic rings. The number of thioether (sulfide) groups is 1. The molecule has 23 heavy (non-hydrogen) atoms. The van der Waals surface area contributed by atoms with Gasteiger partial charge >= 0.3 is 0 Å². The maximum atomic E-state index is 11.8. The number of carbonyl (C=O) groups excluding carboxylic acids is 1. The van der Waals surface area contributed by atoms with Gasteiger partial charge in [0.1, 0.15) is 11.3 Å².